The van der Waals surface area contributed by atoms with Gasteiger partial charge in [0.05, 0.1) is 19.2 Å². The molecule has 1 aliphatic rings. The Morgan fingerprint density at radius 1 is 1.47 bits per heavy atom. The van der Waals surface area contributed by atoms with Crippen LogP contribution in [0, 0.1) is 11.8 Å². The number of aliphatic hydroxyl groups excluding tert-OH is 1. The molecule has 1 atom stereocenters. The summed E-state index contributed by atoms with van der Waals surface area (Å²) in [6, 6.07) is -0.125. The second-order valence-corrected chi connectivity index (χ2v) is 4.67. The molecular formula is C11H22N2O2. The van der Waals surface area contributed by atoms with Crippen LogP contribution in [0.4, 0.5) is 0 Å². The van der Waals surface area contributed by atoms with E-state index in [1.165, 1.54) is 12.8 Å². The normalized spacial score (nSPS) is 17.9. The molecule has 1 unspecified atom stereocenters. The molecule has 1 saturated carbocycles. The van der Waals surface area contributed by atoms with Gasteiger partial charge in [0.2, 0.25) is 5.91 Å². The average molecular weight is 214 g/mol. The number of hydrogen-bond donors (Lipinski definition) is 3. The summed E-state index contributed by atoms with van der Waals surface area (Å²) in [4.78, 5) is 11.4. The molecule has 4 heteroatoms. The lowest BCUT2D eigenvalue weighted by atomic mass is 10.1. The quantitative estimate of drug-likeness (QED) is 0.564. The van der Waals surface area contributed by atoms with Crippen LogP contribution in [-0.4, -0.2) is 36.8 Å². The SMILES string of the molecule is CC(C)C(CO)NC(=O)CNCC1CC1. The Morgan fingerprint density at radius 2 is 2.13 bits per heavy atom. The molecule has 1 aliphatic carbocycles. The van der Waals surface area contributed by atoms with Crippen LogP contribution in [0.3, 0.4) is 0 Å². The molecule has 0 heterocycles. The second kappa shape index (κ2) is 6.08. The minimum atomic E-state index is -0.125. The maximum atomic E-state index is 11.4. The van der Waals surface area contributed by atoms with Gasteiger partial charge in [0, 0.05) is 0 Å². The van der Waals surface area contributed by atoms with Crippen molar-refractivity contribution >= 4 is 5.91 Å². The number of nitrogens with one attached hydrogen (secondary N) is 2. The fourth-order valence-electron chi connectivity index (χ4n) is 1.39. The van der Waals surface area contributed by atoms with E-state index in [1.54, 1.807) is 0 Å². The van der Waals surface area contributed by atoms with Crippen molar-refractivity contribution in [3.05, 3.63) is 0 Å². The lowest BCUT2D eigenvalue weighted by Gasteiger charge is -2.19. The van der Waals surface area contributed by atoms with Crippen molar-refractivity contribution in [2.75, 3.05) is 19.7 Å². The maximum Gasteiger partial charge on any atom is 0.234 e. The van der Waals surface area contributed by atoms with Gasteiger partial charge in [-0.1, -0.05) is 13.8 Å². The van der Waals surface area contributed by atoms with Crippen molar-refractivity contribution in [3.63, 3.8) is 0 Å². The molecule has 3 N–H and O–H groups in total. The molecule has 0 radical (unpaired) electrons. The Bertz CT molecular complexity index is 203. The van der Waals surface area contributed by atoms with Crippen molar-refractivity contribution in [3.8, 4) is 0 Å². The van der Waals surface area contributed by atoms with Crippen molar-refractivity contribution < 1.29 is 9.90 Å². The summed E-state index contributed by atoms with van der Waals surface area (Å²) < 4.78 is 0. The second-order valence-electron chi connectivity index (χ2n) is 4.67. The number of aliphatic hydroxyl groups is 1. The van der Waals surface area contributed by atoms with Crippen LogP contribution in [0.1, 0.15) is 26.7 Å². The van der Waals surface area contributed by atoms with Crippen LogP contribution in [0.5, 0.6) is 0 Å². The van der Waals surface area contributed by atoms with Gasteiger partial charge in [0.15, 0.2) is 0 Å². The Labute approximate surface area is 91.4 Å². The van der Waals surface area contributed by atoms with Crippen molar-refractivity contribution in [2.24, 2.45) is 11.8 Å². The fourth-order valence-corrected chi connectivity index (χ4v) is 1.39. The third kappa shape index (κ3) is 5.14. The Kier molecular flexibility index (Phi) is 5.05. The van der Waals surface area contributed by atoms with Gasteiger partial charge < -0.3 is 15.7 Å². The largest absolute Gasteiger partial charge is 0.394 e. The van der Waals surface area contributed by atoms with E-state index in [0.29, 0.717) is 6.54 Å². The predicted molar refractivity (Wildman–Crippen MR) is 59.4 cm³/mol. The molecular weight excluding hydrogens is 192 g/mol. The molecule has 0 aliphatic heterocycles. The van der Waals surface area contributed by atoms with Crippen molar-refractivity contribution in [1.82, 2.24) is 10.6 Å². The third-order valence-corrected chi connectivity index (χ3v) is 2.76. The third-order valence-electron chi connectivity index (χ3n) is 2.76. The highest BCUT2D eigenvalue weighted by atomic mass is 16.3. The van der Waals surface area contributed by atoms with Gasteiger partial charge in [-0.05, 0) is 31.2 Å². The van der Waals surface area contributed by atoms with Gasteiger partial charge in [0.1, 0.15) is 0 Å². The van der Waals surface area contributed by atoms with E-state index >= 15 is 0 Å². The average Bonchev–Trinajstić information content (AvgIpc) is 2.97. The highest BCUT2D eigenvalue weighted by Gasteiger charge is 2.21. The molecule has 1 fully saturated rings. The van der Waals surface area contributed by atoms with Crippen LogP contribution in [0.25, 0.3) is 0 Å². The topological polar surface area (TPSA) is 61.4 Å². The summed E-state index contributed by atoms with van der Waals surface area (Å²) in [5, 5.41) is 15.0. The van der Waals surface area contributed by atoms with E-state index in [4.69, 9.17) is 5.11 Å². The Hall–Kier alpha value is -0.610. The highest BCUT2D eigenvalue weighted by Crippen LogP contribution is 2.27. The van der Waals surface area contributed by atoms with E-state index in [9.17, 15) is 4.79 Å². The van der Waals surface area contributed by atoms with E-state index in [2.05, 4.69) is 10.6 Å². The van der Waals surface area contributed by atoms with Crippen molar-refractivity contribution in [2.45, 2.75) is 32.7 Å². The molecule has 1 amide bonds. The van der Waals surface area contributed by atoms with Gasteiger partial charge in [-0.15, -0.1) is 0 Å². The van der Waals surface area contributed by atoms with Crippen LogP contribution in [-0.2, 0) is 4.79 Å². The van der Waals surface area contributed by atoms with E-state index in [-0.39, 0.29) is 24.5 Å². The first-order chi connectivity index (χ1) is 7.13. The summed E-state index contributed by atoms with van der Waals surface area (Å²) in [7, 11) is 0. The molecule has 0 aromatic rings. The van der Waals surface area contributed by atoms with E-state index < -0.39 is 0 Å². The summed E-state index contributed by atoms with van der Waals surface area (Å²) in [5.41, 5.74) is 0. The van der Waals surface area contributed by atoms with Gasteiger partial charge in [0.25, 0.3) is 0 Å². The monoisotopic (exact) mass is 214 g/mol. The molecule has 1 rings (SSSR count). The first-order valence-electron chi connectivity index (χ1n) is 5.74. The van der Waals surface area contributed by atoms with Gasteiger partial charge in [-0.25, -0.2) is 0 Å². The maximum absolute atomic E-state index is 11.4. The number of carbonyl (C=O) groups excluding carboxylic acids is 1. The van der Waals surface area contributed by atoms with Crippen LogP contribution in [0.15, 0.2) is 0 Å². The van der Waals surface area contributed by atoms with E-state index in [0.717, 1.165) is 12.5 Å². The van der Waals surface area contributed by atoms with Crippen molar-refractivity contribution in [1.29, 1.82) is 0 Å². The Morgan fingerprint density at radius 3 is 2.60 bits per heavy atom. The molecule has 88 valence electrons. The fraction of sp³-hybridized carbons (Fsp3) is 0.909. The van der Waals surface area contributed by atoms with E-state index in [1.807, 2.05) is 13.8 Å². The number of hydrogen-bond acceptors (Lipinski definition) is 3. The number of carbonyl (C=O) groups is 1. The molecule has 0 aromatic heterocycles. The van der Waals surface area contributed by atoms with Crippen LogP contribution >= 0.6 is 0 Å². The molecule has 0 bridgehead atoms. The zero-order chi connectivity index (χ0) is 11.3. The lowest BCUT2D eigenvalue weighted by Crippen LogP contribution is -2.45. The Balaban J connectivity index is 2.09. The smallest absolute Gasteiger partial charge is 0.234 e. The lowest BCUT2D eigenvalue weighted by molar-refractivity contribution is -0.121. The molecule has 0 saturated heterocycles. The summed E-state index contributed by atoms with van der Waals surface area (Å²) in [5.74, 6) is 1.03. The minimum absolute atomic E-state index is 0.00598. The molecule has 4 nitrogen and oxygen atoms in total. The van der Waals surface area contributed by atoms with Crippen LogP contribution < -0.4 is 10.6 Å². The highest BCUT2D eigenvalue weighted by molar-refractivity contribution is 5.78. The number of rotatable bonds is 7. The zero-order valence-electron chi connectivity index (χ0n) is 9.62. The summed E-state index contributed by atoms with van der Waals surface area (Å²) in [6.07, 6.45) is 2.58. The zero-order valence-corrected chi connectivity index (χ0v) is 9.62. The van der Waals surface area contributed by atoms with Gasteiger partial charge >= 0.3 is 0 Å². The summed E-state index contributed by atoms with van der Waals surface area (Å²) in [6.45, 7) is 5.28. The first-order valence-corrected chi connectivity index (χ1v) is 5.74. The predicted octanol–water partition coefficient (Wildman–Crippen LogP) is 0.119. The van der Waals surface area contributed by atoms with Gasteiger partial charge in [-0.2, -0.15) is 0 Å². The van der Waals surface area contributed by atoms with Gasteiger partial charge in [-0.3, -0.25) is 4.79 Å². The number of amides is 1. The molecule has 0 spiro atoms. The van der Waals surface area contributed by atoms with Crippen LogP contribution in [0.2, 0.25) is 0 Å². The molecule has 0 aromatic carbocycles. The minimum Gasteiger partial charge on any atom is -0.394 e. The first kappa shape index (κ1) is 12.5. The summed E-state index contributed by atoms with van der Waals surface area (Å²) >= 11 is 0. The standard InChI is InChI=1S/C11H22N2O2/c1-8(2)10(7-14)13-11(15)6-12-5-9-3-4-9/h8-10,12,14H,3-7H2,1-2H3,(H,13,15). The molecule has 15 heavy (non-hydrogen) atoms.